The van der Waals surface area contributed by atoms with Crippen molar-refractivity contribution in [3.8, 4) is 11.3 Å². The van der Waals surface area contributed by atoms with Gasteiger partial charge in [0, 0.05) is 24.9 Å². The molecule has 0 spiro atoms. The van der Waals surface area contributed by atoms with Gasteiger partial charge in [0.05, 0.1) is 17.0 Å². The Hall–Kier alpha value is -2.90. The van der Waals surface area contributed by atoms with Gasteiger partial charge in [0.2, 0.25) is 5.89 Å². The van der Waals surface area contributed by atoms with Crippen molar-refractivity contribution in [2.45, 2.75) is 71.8 Å². The summed E-state index contributed by atoms with van der Waals surface area (Å²) in [7, 11) is 0. The fourth-order valence-corrected chi connectivity index (χ4v) is 4.87. The summed E-state index contributed by atoms with van der Waals surface area (Å²) in [5, 5.41) is 17.1. The Morgan fingerprint density at radius 1 is 1.09 bits per heavy atom. The van der Waals surface area contributed by atoms with Crippen LogP contribution in [0.5, 0.6) is 0 Å². The fourth-order valence-electron chi connectivity index (χ4n) is 4.87. The van der Waals surface area contributed by atoms with Crippen molar-refractivity contribution in [1.29, 1.82) is 0 Å². The van der Waals surface area contributed by atoms with Gasteiger partial charge < -0.3 is 9.32 Å². The van der Waals surface area contributed by atoms with Gasteiger partial charge >= 0.3 is 6.01 Å². The molecule has 2 aromatic heterocycles. The predicted octanol–water partition coefficient (Wildman–Crippen LogP) is 5.82. The Morgan fingerprint density at radius 2 is 1.79 bits per heavy atom. The number of aromatic nitrogens is 4. The van der Waals surface area contributed by atoms with Gasteiger partial charge in [-0.05, 0) is 62.3 Å². The smallest absolute Gasteiger partial charge is 0.318 e. The van der Waals surface area contributed by atoms with Crippen LogP contribution < -0.4 is 4.90 Å². The molecule has 4 rings (SSSR count). The van der Waals surface area contributed by atoms with E-state index in [1.165, 1.54) is 18.2 Å². The first-order valence-electron chi connectivity index (χ1n) is 11.5. The third kappa shape index (κ3) is 4.35. The third-order valence-electron chi connectivity index (χ3n) is 6.73. The molecule has 0 amide bonds. The zero-order valence-corrected chi connectivity index (χ0v) is 20.1. The van der Waals surface area contributed by atoms with Crippen molar-refractivity contribution in [2.75, 3.05) is 11.4 Å². The highest BCUT2D eigenvalue weighted by Gasteiger charge is 2.42. The van der Waals surface area contributed by atoms with Crippen LogP contribution in [0.3, 0.4) is 0 Å². The van der Waals surface area contributed by atoms with Crippen LogP contribution in [0.4, 0.5) is 14.8 Å². The molecule has 6 nitrogen and oxygen atoms in total. The molecule has 0 N–H and O–H groups in total. The van der Waals surface area contributed by atoms with Crippen LogP contribution in [0, 0.1) is 24.5 Å². The lowest BCUT2D eigenvalue weighted by Gasteiger charge is -2.42. The van der Waals surface area contributed by atoms with Crippen LogP contribution in [0.15, 0.2) is 28.7 Å². The average Bonchev–Trinajstić information content (AvgIpc) is 3.17. The zero-order valence-electron chi connectivity index (χ0n) is 20.1. The molecule has 176 valence electrons. The molecule has 0 radical (unpaired) electrons. The minimum atomic E-state index is -0.637. The Kier molecular flexibility index (Phi) is 6.20. The molecule has 0 saturated heterocycles. The molecule has 2 unspecified atom stereocenters. The molecule has 2 heterocycles. The zero-order chi connectivity index (χ0) is 23.9. The van der Waals surface area contributed by atoms with Gasteiger partial charge in [-0.3, -0.25) is 0 Å². The third-order valence-corrected chi connectivity index (χ3v) is 6.73. The van der Waals surface area contributed by atoms with Crippen molar-refractivity contribution in [3.63, 3.8) is 0 Å². The summed E-state index contributed by atoms with van der Waals surface area (Å²) in [6.45, 7) is 13.1. The maximum Gasteiger partial charge on any atom is 0.318 e. The van der Waals surface area contributed by atoms with E-state index in [4.69, 9.17) is 4.42 Å². The van der Waals surface area contributed by atoms with E-state index < -0.39 is 11.6 Å². The first-order chi connectivity index (χ1) is 15.6. The molecular weight excluding hydrogens is 424 g/mol. The van der Waals surface area contributed by atoms with Gasteiger partial charge in [0.1, 0.15) is 11.6 Å². The number of halogens is 2. The monoisotopic (exact) mass is 455 g/mol. The molecule has 1 aliphatic rings. The van der Waals surface area contributed by atoms with Crippen molar-refractivity contribution >= 4 is 6.01 Å². The minimum Gasteiger partial charge on any atom is -0.408 e. The molecule has 0 aliphatic heterocycles. The van der Waals surface area contributed by atoms with Crippen LogP contribution in [0.25, 0.3) is 11.3 Å². The highest BCUT2D eigenvalue weighted by Crippen LogP contribution is 2.46. The number of aryl methyl sites for hydroxylation is 1. The lowest BCUT2D eigenvalue weighted by molar-refractivity contribution is 0.306. The molecule has 3 aromatic rings. The summed E-state index contributed by atoms with van der Waals surface area (Å²) in [5.74, 6) is -0.171. The van der Waals surface area contributed by atoms with E-state index in [1.54, 1.807) is 6.92 Å². The number of fused-ring (bicyclic) bond motifs is 1. The minimum absolute atomic E-state index is 0.132. The summed E-state index contributed by atoms with van der Waals surface area (Å²) in [5.41, 5.74) is 1.64. The van der Waals surface area contributed by atoms with Crippen LogP contribution in [0.1, 0.15) is 70.5 Å². The molecule has 0 fully saturated rings. The SMILES string of the molecule is Cc1nnc(N(CC2(C)CCC(C(C)C)c3cc(-c4c(F)cccc4F)nnc32)C(C)C)o1. The first-order valence-corrected chi connectivity index (χ1v) is 11.5. The van der Waals surface area contributed by atoms with Crippen molar-refractivity contribution < 1.29 is 13.2 Å². The molecule has 0 saturated carbocycles. The van der Waals surface area contributed by atoms with E-state index in [1.807, 2.05) is 6.07 Å². The van der Waals surface area contributed by atoms with Crippen LogP contribution >= 0.6 is 0 Å². The lowest BCUT2D eigenvalue weighted by atomic mass is 9.67. The molecular formula is C25H31F2N5O. The largest absolute Gasteiger partial charge is 0.408 e. The van der Waals surface area contributed by atoms with Crippen LogP contribution in [-0.4, -0.2) is 33.0 Å². The molecule has 33 heavy (non-hydrogen) atoms. The lowest BCUT2D eigenvalue weighted by Crippen LogP contribution is -2.46. The molecule has 1 aliphatic carbocycles. The quantitative estimate of drug-likeness (QED) is 0.467. The highest BCUT2D eigenvalue weighted by molar-refractivity contribution is 5.62. The topological polar surface area (TPSA) is 67.9 Å². The molecule has 2 atom stereocenters. The Labute approximate surface area is 193 Å². The highest BCUT2D eigenvalue weighted by atomic mass is 19.1. The van der Waals surface area contributed by atoms with E-state index in [0.29, 0.717) is 24.4 Å². The summed E-state index contributed by atoms with van der Waals surface area (Å²) >= 11 is 0. The number of hydrogen-bond donors (Lipinski definition) is 0. The van der Waals surface area contributed by atoms with E-state index in [2.05, 4.69) is 59.9 Å². The second kappa shape index (κ2) is 8.80. The summed E-state index contributed by atoms with van der Waals surface area (Å²) in [6.07, 6.45) is 1.85. The number of benzene rings is 1. The van der Waals surface area contributed by atoms with Gasteiger partial charge in [-0.25, -0.2) is 8.78 Å². The Morgan fingerprint density at radius 3 is 2.36 bits per heavy atom. The normalized spacial score (nSPS) is 20.4. The van der Waals surface area contributed by atoms with Crippen molar-refractivity contribution in [2.24, 2.45) is 5.92 Å². The second-order valence-electron chi connectivity index (χ2n) is 9.91. The predicted molar refractivity (Wildman–Crippen MR) is 123 cm³/mol. The van der Waals surface area contributed by atoms with Crippen molar-refractivity contribution in [3.05, 3.63) is 53.0 Å². The fraction of sp³-hybridized carbons (Fsp3) is 0.520. The van der Waals surface area contributed by atoms with Gasteiger partial charge in [0.15, 0.2) is 0 Å². The standard InChI is InChI=1S/C25H31F2N5O/c1-14(2)17-10-11-25(6,13-32(15(3)4)24-31-28-16(5)33-24)23-18(17)12-21(29-30-23)22-19(26)8-7-9-20(22)27/h7-9,12,14-15,17H,10-11,13H2,1-6H3. The van der Waals surface area contributed by atoms with Gasteiger partial charge in [-0.1, -0.05) is 31.9 Å². The second-order valence-corrected chi connectivity index (χ2v) is 9.91. The summed E-state index contributed by atoms with van der Waals surface area (Å²) < 4.78 is 34.7. The Bertz CT molecular complexity index is 1130. The summed E-state index contributed by atoms with van der Waals surface area (Å²) in [6, 6.07) is 6.30. The molecule has 0 bridgehead atoms. The van der Waals surface area contributed by atoms with Gasteiger partial charge in [0.25, 0.3) is 0 Å². The Balaban J connectivity index is 1.79. The van der Waals surface area contributed by atoms with E-state index in [-0.39, 0.29) is 28.6 Å². The molecule has 1 aromatic carbocycles. The maximum absolute atomic E-state index is 14.5. The summed E-state index contributed by atoms with van der Waals surface area (Å²) in [4.78, 5) is 2.09. The molecule has 8 heteroatoms. The maximum atomic E-state index is 14.5. The van der Waals surface area contributed by atoms with E-state index in [0.717, 1.165) is 24.1 Å². The number of rotatable bonds is 6. The van der Waals surface area contributed by atoms with Crippen LogP contribution in [-0.2, 0) is 5.41 Å². The van der Waals surface area contributed by atoms with Crippen LogP contribution in [0.2, 0.25) is 0 Å². The van der Waals surface area contributed by atoms with E-state index in [9.17, 15) is 8.78 Å². The number of anilines is 1. The number of hydrogen-bond acceptors (Lipinski definition) is 6. The number of nitrogens with zero attached hydrogens (tertiary/aromatic N) is 5. The van der Waals surface area contributed by atoms with Gasteiger partial charge in [-0.15, -0.1) is 5.10 Å². The van der Waals surface area contributed by atoms with Gasteiger partial charge in [-0.2, -0.15) is 10.2 Å². The van der Waals surface area contributed by atoms with Crippen molar-refractivity contribution in [1.82, 2.24) is 20.4 Å². The van der Waals surface area contributed by atoms with E-state index >= 15 is 0 Å². The first kappa shape index (κ1) is 23.3. The average molecular weight is 456 g/mol.